The van der Waals surface area contributed by atoms with Crippen LogP contribution < -0.4 is 0 Å². The summed E-state index contributed by atoms with van der Waals surface area (Å²) in [5, 5.41) is 6.38. The number of carbonyl (C=O) groups excluding carboxylic acids is 1. The predicted molar refractivity (Wildman–Crippen MR) is 39.5 cm³/mol. The van der Waals surface area contributed by atoms with Crippen molar-refractivity contribution in [1.82, 2.24) is 15.2 Å². The van der Waals surface area contributed by atoms with Crippen molar-refractivity contribution in [3.05, 3.63) is 24.4 Å². The molecule has 0 amide bonds. The van der Waals surface area contributed by atoms with Gasteiger partial charge in [-0.3, -0.25) is 9.89 Å². The number of H-pyrrole nitrogens is 1. The van der Waals surface area contributed by atoms with E-state index in [1.54, 1.807) is 6.07 Å². The second-order valence-corrected chi connectivity index (χ2v) is 2.19. The minimum Gasteiger partial charge on any atom is -0.442 e. The Hall–Kier alpha value is -1.91. The fraction of sp³-hybridized carbons (Fsp3) is 0. The lowest BCUT2D eigenvalue weighted by atomic mass is 10.3. The zero-order valence-electron chi connectivity index (χ0n) is 6.02. The minimum atomic E-state index is 0.418. The minimum absolute atomic E-state index is 0.418. The third-order valence-electron chi connectivity index (χ3n) is 1.41. The summed E-state index contributed by atoms with van der Waals surface area (Å²) >= 11 is 0. The second kappa shape index (κ2) is 2.61. The maximum absolute atomic E-state index is 10.3. The van der Waals surface area contributed by atoms with E-state index in [1.807, 2.05) is 0 Å². The Labute approximate surface area is 67.4 Å². The SMILES string of the molecule is O=Cc1cc(-c2cnco2)n[nH]1. The highest BCUT2D eigenvalue weighted by atomic mass is 16.3. The van der Waals surface area contributed by atoms with Crippen LogP contribution in [-0.4, -0.2) is 21.5 Å². The van der Waals surface area contributed by atoms with Crippen LogP contribution in [0.5, 0.6) is 0 Å². The number of carbonyl (C=O) groups is 1. The van der Waals surface area contributed by atoms with Crippen molar-refractivity contribution in [3.63, 3.8) is 0 Å². The van der Waals surface area contributed by atoms with Crippen LogP contribution in [-0.2, 0) is 0 Å². The lowest BCUT2D eigenvalue weighted by Crippen LogP contribution is -1.75. The first kappa shape index (κ1) is 6.78. The molecule has 2 aromatic rings. The third kappa shape index (κ3) is 1.01. The number of nitrogens with one attached hydrogen (secondary N) is 1. The molecule has 12 heavy (non-hydrogen) atoms. The highest BCUT2D eigenvalue weighted by Gasteiger charge is 2.05. The molecular weight excluding hydrogens is 158 g/mol. The Bertz CT molecular complexity index is 377. The Morgan fingerprint density at radius 3 is 3.08 bits per heavy atom. The highest BCUT2D eigenvalue weighted by molar-refractivity contribution is 5.74. The van der Waals surface area contributed by atoms with E-state index in [4.69, 9.17) is 4.42 Å². The van der Waals surface area contributed by atoms with E-state index in [-0.39, 0.29) is 0 Å². The number of hydrogen-bond donors (Lipinski definition) is 1. The van der Waals surface area contributed by atoms with Crippen LogP contribution in [0.15, 0.2) is 23.1 Å². The van der Waals surface area contributed by atoms with Crippen molar-refractivity contribution >= 4 is 6.29 Å². The number of aromatic nitrogens is 3. The Morgan fingerprint density at radius 1 is 1.58 bits per heavy atom. The molecule has 0 aromatic carbocycles. The van der Waals surface area contributed by atoms with Crippen LogP contribution >= 0.6 is 0 Å². The van der Waals surface area contributed by atoms with Gasteiger partial charge in [-0.25, -0.2) is 4.98 Å². The molecule has 2 heterocycles. The smallest absolute Gasteiger partial charge is 0.181 e. The van der Waals surface area contributed by atoms with Gasteiger partial charge in [0.05, 0.1) is 11.9 Å². The molecule has 60 valence electrons. The molecule has 0 unspecified atom stereocenters. The average Bonchev–Trinajstić information content (AvgIpc) is 2.75. The van der Waals surface area contributed by atoms with Crippen molar-refractivity contribution in [3.8, 4) is 11.5 Å². The van der Waals surface area contributed by atoms with Gasteiger partial charge in [-0.05, 0) is 6.07 Å². The summed E-state index contributed by atoms with van der Waals surface area (Å²) in [4.78, 5) is 14.0. The van der Waals surface area contributed by atoms with E-state index in [1.165, 1.54) is 12.6 Å². The molecule has 0 spiro atoms. The number of aromatic amines is 1. The van der Waals surface area contributed by atoms with E-state index in [2.05, 4.69) is 15.2 Å². The van der Waals surface area contributed by atoms with Gasteiger partial charge in [-0.2, -0.15) is 5.10 Å². The summed E-state index contributed by atoms with van der Waals surface area (Å²) < 4.78 is 4.97. The first-order chi connectivity index (χ1) is 5.90. The summed E-state index contributed by atoms with van der Waals surface area (Å²) in [5.74, 6) is 0.541. The molecule has 0 bridgehead atoms. The standard InChI is InChI=1S/C7H5N3O2/c11-3-5-1-6(10-9-5)7-2-8-4-12-7/h1-4H,(H,9,10). The first-order valence-corrected chi connectivity index (χ1v) is 3.29. The van der Waals surface area contributed by atoms with Crippen molar-refractivity contribution in [2.75, 3.05) is 0 Å². The molecule has 0 saturated heterocycles. The predicted octanol–water partition coefficient (Wildman–Crippen LogP) is 0.877. The van der Waals surface area contributed by atoms with E-state index < -0.39 is 0 Å². The average molecular weight is 163 g/mol. The molecule has 5 nitrogen and oxygen atoms in total. The third-order valence-corrected chi connectivity index (χ3v) is 1.41. The molecule has 0 aliphatic rings. The summed E-state index contributed by atoms with van der Waals surface area (Å²) in [6.07, 6.45) is 3.53. The molecule has 0 saturated carbocycles. The number of oxazole rings is 1. The molecule has 5 heteroatoms. The van der Waals surface area contributed by atoms with E-state index in [9.17, 15) is 4.79 Å². The Kier molecular flexibility index (Phi) is 1.48. The monoisotopic (exact) mass is 163 g/mol. The van der Waals surface area contributed by atoms with E-state index in [0.29, 0.717) is 23.4 Å². The van der Waals surface area contributed by atoms with Crippen LogP contribution in [0, 0.1) is 0 Å². The zero-order chi connectivity index (χ0) is 8.39. The van der Waals surface area contributed by atoms with Crippen molar-refractivity contribution < 1.29 is 9.21 Å². The van der Waals surface area contributed by atoms with Crippen LogP contribution in [0.4, 0.5) is 0 Å². The molecule has 2 rings (SSSR count). The quantitative estimate of drug-likeness (QED) is 0.667. The van der Waals surface area contributed by atoms with E-state index >= 15 is 0 Å². The number of aldehydes is 1. The van der Waals surface area contributed by atoms with Gasteiger partial charge in [0.15, 0.2) is 18.4 Å². The molecule has 0 aliphatic carbocycles. The van der Waals surface area contributed by atoms with Gasteiger partial charge >= 0.3 is 0 Å². The van der Waals surface area contributed by atoms with Crippen molar-refractivity contribution in [2.45, 2.75) is 0 Å². The number of rotatable bonds is 2. The van der Waals surface area contributed by atoms with Gasteiger partial charge in [0.25, 0.3) is 0 Å². The molecule has 2 aromatic heterocycles. The van der Waals surface area contributed by atoms with Crippen LogP contribution in [0.25, 0.3) is 11.5 Å². The van der Waals surface area contributed by atoms with Crippen molar-refractivity contribution in [1.29, 1.82) is 0 Å². The Balaban J connectivity index is 2.41. The maximum Gasteiger partial charge on any atom is 0.181 e. The van der Waals surface area contributed by atoms with Gasteiger partial charge in [0.1, 0.15) is 5.69 Å². The van der Waals surface area contributed by atoms with Gasteiger partial charge in [-0.1, -0.05) is 0 Å². The summed E-state index contributed by atoms with van der Waals surface area (Å²) in [7, 11) is 0. The Morgan fingerprint density at radius 2 is 2.50 bits per heavy atom. The first-order valence-electron chi connectivity index (χ1n) is 3.29. The molecule has 1 N–H and O–H groups in total. The molecule has 0 radical (unpaired) electrons. The highest BCUT2D eigenvalue weighted by Crippen LogP contribution is 2.15. The maximum atomic E-state index is 10.3. The number of hydrogen-bond acceptors (Lipinski definition) is 4. The second-order valence-electron chi connectivity index (χ2n) is 2.19. The molecule has 0 atom stereocenters. The summed E-state index contributed by atoms with van der Waals surface area (Å²) in [6, 6.07) is 1.59. The van der Waals surface area contributed by atoms with Crippen LogP contribution in [0.2, 0.25) is 0 Å². The summed E-state index contributed by atoms with van der Waals surface area (Å²) in [6.45, 7) is 0. The lowest BCUT2D eigenvalue weighted by Gasteiger charge is -1.82. The molecule has 0 fully saturated rings. The summed E-state index contributed by atoms with van der Waals surface area (Å²) in [5.41, 5.74) is 0.996. The van der Waals surface area contributed by atoms with E-state index in [0.717, 1.165) is 0 Å². The topological polar surface area (TPSA) is 71.8 Å². The van der Waals surface area contributed by atoms with Gasteiger partial charge in [0, 0.05) is 0 Å². The lowest BCUT2D eigenvalue weighted by molar-refractivity contribution is 0.111. The largest absolute Gasteiger partial charge is 0.442 e. The normalized spacial score (nSPS) is 10.0. The van der Waals surface area contributed by atoms with Crippen LogP contribution in [0.3, 0.4) is 0 Å². The zero-order valence-corrected chi connectivity index (χ0v) is 6.02. The van der Waals surface area contributed by atoms with Gasteiger partial charge in [0.2, 0.25) is 0 Å². The number of nitrogens with zero attached hydrogens (tertiary/aromatic N) is 2. The molecule has 0 aliphatic heterocycles. The van der Waals surface area contributed by atoms with Crippen molar-refractivity contribution in [2.24, 2.45) is 0 Å². The fourth-order valence-electron chi connectivity index (χ4n) is 0.865. The van der Waals surface area contributed by atoms with Crippen LogP contribution in [0.1, 0.15) is 10.5 Å². The van der Waals surface area contributed by atoms with Gasteiger partial charge in [-0.15, -0.1) is 0 Å². The molecular formula is C7H5N3O2. The van der Waals surface area contributed by atoms with Gasteiger partial charge < -0.3 is 4.42 Å². The fourth-order valence-corrected chi connectivity index (χ4v) is 0.865.